The summed E-state index contributed by atoms with van der Waals surface area (Å²) in [6.07, 6.45) is 15.4. The Labute approximate surface area is 89.2 Å². The van der Waals surface area contributed by atoms with E-state index in [9.17, 15) is 0 Å². The molecule has 0 fully saturated rings. The molecule has 0 rings (SSSR count). The van der Waals surface area contributed by atoms with E-state index in [1.54, 1.807) is 0 Å². The fourth-order valence-corrected chi connectivity index (χ4v) is 1.65. The normalized spacial score (nSPS) is 11.2. The number of unbranched alkanes of at least 4 members (excludes halogenated alkanes) is 7. The highest BCUT2D eigenvalue weighted by atomic mass is 32.1. The van der Waals surface area contributed by atoms with Gasteiger partial charge < -0.3 is 0 Å². The van der Waals surface area contributed by atoms with E-state index in [4.69, 9.17) is 0 Å². The second kappa shape index (κ2) is 12.1. The summed E-state index contributed by atoms with van der Waals surface area (Å²) in [4.78, 5) is 0. The van der Waals surface area contributed by atoms with Crippen molar-refractivity contribution in [1.29, 1.82) is 0 Å². The predicted molar refractivity (Wildman–Crippen MR) is 65.6 cm³/mol. The van der Waals surface area contributed by atoms with Crippen LogP contribution in [0.1, 0.15) is 58.3 Å². The lowest BCUT2D eigenvalue weighted by atomic mass is 10.1. The average Bonchev–Trinajstić information content (AvgIpc) is 2.16. The molecule has 0 unspecified atom stereocenters. The van der Waals surface area contributed by atoms with Gasteiger partial charge in [0.25, 0.3) is 0 Å². The molecule has 0 saturated heterocycles. The number of rotatable bonds is 9. The van der Waals surface area contributed by atoms with Gasteiger partial charge in [-0.2, -0.15) is 12.6 Å². The third kappa shape index (κ3) is 12.1. The van der Waals surface area contributed by atoms with Crippen LogP contribution < -0.4 is 0 Å². The molecule has 0 nitrogen and oxygen atoms in total. The first kappa shape index (κ1) is 13.1. The Balaban J connectivity index is 2.83. The number of thiol groups is 1. The van der Waals surface area contributed by atoms with Crippen molar-refractivity contribution in [3.63, 3.8) is 0 Å². The lowest BCUT2D eigenvalue weighted by Gasteiger charge is -1.99. The summed E-state index contributed by atoms with van der Waals surface area (Å²) in [5.74, 6) is 1.06. The minimum absolute atomic E-state index is 1.06. The molecule has 0 bridgehead atoms. The Hall–Kier alpha value is 0.0900. The Bertz CT molecular complexity index is 108. The lowest BCUT2D eigenvalue weighted by molar-refractivity contribution is 0.593. The second-order valence-electron chi connectivity index (χ2n) is 3.56. The van der Waals surface area contributed by atoms with E-state index in [0.717, 1.165) is 5.75 Å². The first-order chi connectivity index (χ1) is 6.41. The van der Waals surface area contributed by atoms with Gasteiger partial charge in [0.1, 0.15) is 0 Å². The summed E-state index contributed by atoms with van der Waals surface area (Å²) >= 11 is 4.19. The highest BCUT2D eigenvalue weighted by Crippen LogP contribution is 2.08. The fourth-order valence-electron chi connectivity index (χ4n) is 1.42. The van der Waals surface area contributed by atoms with E-state index in [1.807, 2.05) is 0 Å². The molecule has 0 spiro atoms. The Morgan fingerprint density at radius 1 is 0.846 bits per heavy atom. The maximum absolute atomic E-state index is 4.19. The molecule has 0 radical (unpaired) electrons. The molecule has 78 valence electrons. The van der Waals surface area contributed by atoms with E-state index < -0.39 is 0 Å². The topological polar surface area (TPSA) is 0 Å². The van der Waals surface area contributed by atoms with Crippen LogP contribution in [-0.4, -0.2) is 5.75 Å². The molecule has 1 heteroatoms. The van der Waals surface area contributed by atoms with Gasteiger partial charge in [-0.25, -0.2) is 0 Å². The molecule has 0 saturated carbocycles. The van der Waals surface area contributed by atoms with Gasteiger partial charge in [-0.3, -0.25) is 0 Å². The third-order valence-corrected chi connectivity index (χ3v) is 2.58. The Morgan fingerprint density at radius 3 is 1.92 bits per heavy atom. The van der Waals surface area contributed by atoms with E-state index >= 15 is 0 Å². The molecule has 0 amide bonds. The summed E-state index contributed by atoms with van der Waals surface area (Å²) in [6.45, 7) is 2.09. The molecule has 0 aromatic rings. The number of allylic oxidation sites excluding steroid dienone is 2. The summed E-state index contributed by atoms with van der Waals surface area (Å²) in [7, 11) is 0. The number of hydrogen-bond donors (Lipinski definition) is 1. The van der Waals surface area contributed by atoms with Gasteiger partial charge in [-0.15, -0.1) is 0 Å². The van der Waals surface area contributed by atoms with E-state index in [0.29, 0.717) is 0 Å². The van der Waals surface area contributed by atoms with Crippen LogP contribution in [0.3, 0.4) is 0 Å². The van der Waals surface area contributed by atoms with Gasteiger partial charge in [0.2, 0.25) is 0 Å². The molecule has 0 aromatic heterocycles. The monoisotopic (exact) mass is 200 g/mol. The van der Waals surface area contributed by atoms with Gasteiger partial charge in [0.05, 0.1) is 0 Å². The van der Waals surface area contributed by atoms with Gasteiger partial charge >= 0.3 is 0 Å². The zero-order valence-corrected chi connectivity index (χ0v) is 9.86. The minimum Gasteiger partial charge on any atom is -0.179 e. The van der Waals surface area contributed by atoms with Crippen molar-refractivity contribution < 1.29 is 0 Å². The average molecular weight is 200 g/mol. The maximum atomic E-state index is 4.19. The summed E-state index contributed by atoms with van der Waals surface area (Å²) in [5, 5.41) is 0. The molecule has 0 aromatic carbocycles. The third-order valence-electron chi connectivity index (χ3n) is 2.26. The number of hydrogen-bond acceptors (Lipinski definition) is 1. The zero-order chi connectivity index (χ0) is 9.78. The molecule has 0 aliphatic rings. The van der Waals surface area contributed by atoms with Crippen LogP contribution >= 0.6 is 12.6 Å². The molecular weight excluding hydrogens is 176 g/mol. The van der Waals surface area contributed by atoms with Gasteiger partial charge in [-0.1, -0.05) is 44.3 Å². The van der Waals surface area contributed by atoms with Crippen LogP contribution in [0.2, 0.25) is 0 Å². The van der Waals surface area contributed by atoms with E-state index in [2.05, 4.69) is 31.7 Å². The lowest BCUT2D eigenvalue weighted by Crippen LogP contribution is -1.80. The van der Waals surface area contributed by atoms with Gasteiger partial charge in [0.15, 0.2) is 0 Å². The molecule has 0 aliphatic carbocycles. The smallest absolute Gasteiger partial charge is 0.00979 e. The van der Waals surface area contributed by atoms with Crippen LogP contribution in [-0.2, 0) is 0 Å². The van der Waals surface area contributed by atoms with Crippen molar-refractivity contribution in [2.45, 2.75) is 58.3 Å². The molecular formula is C12H24S. The van der Waals surface area contributed by atoms with Crippen molar-refractivity contribution in [2.24, 2.45) is 0 Å². The standard InChI is InChI=1S/C12H24S/c1-2-3-4-5-6-7-8-9-10-11-12-13/h2-3,13H,4-12H2,1H3. The van der Waals surface area contributed by atoms with Crippen LogP contribution in [0.5, 0.6) is 0 Å². The molecule has 13 heavy (non-hydrogen) atoms. The Kier molecular flexibility index (Phi) is 12.2. The van der Waals surface area contributed by atoms with Crippen LogP contribution in [0.4, 0.5) is 0 Å². The first-order valence-corrected chi connectivity index (χ1v) is 6.27. The quantitative estimate of drug-likeness (QED) is 0.313. The van der Waals surface area contributed by atoms with E-state index in [-0.39, 0.29) is 0 Å². The molecule has 0 aliphatic heterocycles. The van der Waals surface area contributed by atoms with Gasteiger partial charge in [-0.05, 0) is 31.9 Å². The Morgan fingerprint density at radius 2 is 1.38 bits per heavy atom. The predicted octanol–water partition coefficient (Wildman–Crippen LogP) is 4.61. The van der Waals surface area contributed by atoms with Crippen molar-refractivity contribution >= 4 is 12.6 Å². The highest BCUT2D eigenvalue weighted by Gasteiger charge is 1.89. The second-order valence-corrected chi connectivity index (χ2v) is 4.00. The minimum atomic E-state index is 1.06. The zero-order valence-electron chi connectivity index (χ0n) is 8.97. The molecule has 0 atom stereocenters. The van der Waals surface area contributed by atoms with Crippen LogP contribution in [0, 0.1) is 0 Å². The van der Waals surface area contributed by atoms with Crippen molar-refractivity contribution in [3.05, 3.63) is 12.2 Å². The first-order valence-electron chi connectivity index (χ1n) is 5.64. The highest BCUT2D eigenvalue weighted by molar-refractivity contribution is 7.80. The van der Waals surface area contributed by atoms with Crippen molar-refractivity contribution in [1.82, 2.24) is 0 Å². The molecule has 0 heterocycles. The van der Waals surface area contributed by atoms with E-state index in [1.165, 1.54) is 51.4 Å². The molecule has 0 N–H and O–H groups in total. The summed E-state index contributed by atoms with van der Waals surface area (Å²) in [6, 6.07) is 0. The SMILES string of the molecule is CC=CCCCCCCCCCS. The van der Waals surface area contributed by atoms with Crippen molar-refractivity contribution in [2.75, 3.05) is 5.75 Å². The van der Waals surface area contributed by atoms with Crippen LogP contribution in [0.15, 0.2) is 12.2 Å². The fraction of sp³-hybridized carbons (Fsp3) is 0.833. The van der Waals surface area contributed by atoms with Crippen molar-refractivity contribution in [3.8, 4) is 0 Å². The van der Waals surface area contributed by atoms with Gasteiger partial charge in [0, 0.05) is 0 Å². The summed E-state index contributed by atoms with van der Waals surface area (Å²) < 4.78 is 0. The summed E-state index contributed by atoms with van der Waals surface area (Å²) in [5.41, 5.74) is 0. The maximum Gasteiger partial charge on any atom is -0.00979 e. The van der Waals surface area contributed by atoms with Crippen LogP contribution in [0.25, 0.3) is 0 Å². The largest absolute Gasteiger partial charge is 0.179 e.